The minimum Gasteiger partial charge on any atom is -0.389 e. The van der Waals surface area contributed by atoms with E-state index < -0.39 is 17.8 Å². The van der Waals surface area contributed by atoms with Crippen LogP contribution in [0.5, 0.6) is 0 Å². The van der Waals surface area contributed by atoms with Crippen LogP contribution >= 0.6 is 0 Å². The molecular weight excluding hydrogens is 229 g/mol. The highest BCUT2D eigenvalue weighted by Gasteiger charge is 2.33. The Kier molecular flexibility index (Phi) is 2.83. The van der Waals surface area contributed by atoms with Crippen LogP contribution in [0.4, 0.5) is 13.2 Å². The van der Waals surface area contributed by atoms with E-state index >= 15 is 0 Å². The molecule has 0 aliphatic carbocycles. The van der Waals surface area contributed by atoms with Crippen LogP contribution in [0.25, 0.3) is 10.8 Å². The van der Waals surface area contributed by atoms with E-state index in [9.17, 15) is 18.3 Å². The molecule has 2 aromatic rings. The maximum atomic E-state index is 12.9. The number of aliphatic hydroxyl groups is 1. The van der Waals surface area contributed by atoms with Crippen molar-refractivity contribution in [3.63, 3.8) is 0 Å². The lowest BCUT2D eigenvalue weighted by atomic mass is 9.98. The zero-order chi connectivity index (χ0) is 12.6. The molecule has 1 N–H and O–H groups in total. The summed E-state index contributed by atoms with van der Waals surface area (Å²) >= 11 is 0. The highest BCUT2D eigenvalue weighted by molar-refractivity contribution is 5.87. The van der Waals surface area contributed by atoms with Gasteiger partial charge in [0.05, 0.1) is 11.7 Å². The Morgan fingerprint density at radius 1 is 1.12 bits per heavy atom. The molecule has 0 radical (unpaired) electrons. The van der Waals surface area contributed by atoms with Crippen LogP contribution < -0.4 is 0 Å². The second-order valence-corrected chi connectivity index (χ2v) is 3.96. The average molecular weight is 240 g/mol. The van der Waals surface area contributed by atoms with E-state index in [2.05, 4.69) is 0 Å². The third-order valence-corrected chi connectivity index (χ3v) is 2.67. The molecule has 1 nitrogen and oxygen atoms in total. The van der Waals surface area contributed by atoms with E-state index in [4.69, 9.17) is 0 Å². The maximum Gasteiger partial charge on any atom is 0.417 e. The molecule has 4 heteroatoms. The van der Waals surface area contributed by atoms with E-state index in [-0.39, 0.29) is 10.9 Å². The standard InChI is InChI=1S/C13H11F3O/c1-8(17)10-6-9-4-2-3-5-11(9)12(7-10)13(14,15)16/h2-8,17H,1H3. The normalized spacial score (nSPS) is 13.9. The summed E-state index contributed by atoms with van der Waals surface area (Å²) < 4.78 is 38.6. The number of fused-ring (bicyclic) bond motifs is 1. The van der Waals surface area contributed by atoms with Crippen molar-refractivity contribution in [3.8, 4) is 0 Å². The first-order valence-electron chi connectivity index (χ1n) is 5.17. The SMILES string of the molecule is CC(O)c1cc(C(F)(F)F)c2ccccc2c1. The van der Waals surface area contributed by atoms with Crippen molar-refractivity contribution in [3.05, 3.63) is 47.5 Å². The molecule has 1 unspecified atom stereocenters. The number of halogens is 3. The summed E-state index contributed by atoms with van der Waals surface area (Å²) in [5, 5.41) is 10.0. The van der Waals surface area contributed by atoms with Gasteiger partial charge in [-0.05, 0) is 35.4 Å². The van der Waals surface area contributed by atoms with Crippen molar-refractivity contribution in [2.45, 2.75) is 19.2 Å². The number of alkyl halides is 3. The summed E-state index contributed by atoms with van der Waals surface area (Å²) in [6.07, 6.45) is -5.33. The first-order valence-corrected chi connectivity index (χ1v) is 5.17. The number of aliphatic hydroxyl groups excluding tert-OH is 1. The number of hydrogen-bond donors (Lipinski definition) is 1. The summed E-state index contributed by atoms with van der Waals surface area (Å²) in [7, 11) is 0. The van der Waals surface area contributed by atoms with Crippen LogP contribution in [-0.4, -0.2) is 5.11 Å². The van der Waals surface area contributed by atoms with Crippen molar-refractivity contribution in [1.29, 1.82) is 0 Å². The van der Waals surface area contributed by atoms with Gasteiger partial charge >= 0.3 is 6.18 Å². The molecule has 2 rings (SSSR count). The molecule has 17 heavy (non-hydrogen) atoms. The molecule has 0 heterocycles. The lowest BCUT2D eigenvalue weighted by molar-refractivity contribution is -0.136. The highest BCUT2D eigenvalue weighted by Crippen LogP contribution is 2.36. The van der Waals surface area contributed by atoms with Crippen LogP contribution in [0.2, 0.25) is 0 Å². The Balaban J connectivity index is 2.79. The van der Waals surface area contributed by atoms with Gasteiger partial charge in [0.2, 0.25) is 0 Å². The van der Waals surface area contributed by atoms with Gasteiger partial charge in [-0.3, -0.25) is 0 Å². The lowest BCUT2D eigenvalue weighted by Gasteiger charge is -2.14. The smallest absolute Gasteiger partial charge is 0.389 e. The predicted octanol–water partition coefficient (Wildman–Crippen LogP) is 3.91. The number of hydrogen-bond acceptors (Lipinski definition) is 1. The zero-order valence-electron chi connectivity index (χ0n) is 9.12. The molecule has 1 atom stereocenters. The summed E-state index contributed by atoms with van der Waals surface area (Å²) in [5.41, 5.74) is -0.428. The van der Waals surface area contributed by atoms with Crippen molar-refractivity contribution in [2.24, 2.45) is 0 Å². The fraction of sp³-hybridized carbons (Fsp3) is 0.231. The molecule has 0 aliphatic rings. The van der Waals surface area contributed by atoms with Gasteiger partial charge in [0.15, 0.2) is 0 Å². The minimum atomic E-state index is -4.41. The van der Waals surface area contributed by atoms with Gasteiger partial charge in [-0.15, -0.1) is 0 Å². The molecule has 0 aromatic heterocycles. The van der Waals surface area contributed by atoms with Crippen molar-refractivity contribution in [2.75, 3.05) is 0 Å². The lowest BCUT2D eigenvalue weighted by Crippen LogP contribution is -2.07. The second kappa shape index (κ2) is 4.04. The largest absolute Gasteiger partial charge is 0.417 e. The molecule has 0 fully saturated rings. The van der Waals surface area contributed by atoms with Gasteiger partial charge in [-0.1, -0.05) is 24.3 Å². The number of benzene rings is 2. The summed E-state index contributed by atoms with van der Waals surface area (Å²) in [6.45, 7) is 1.45. The van der Waals surface area contributed by atoms with Gasteiger partial charge in [0.1, 0.15) is 0 Å². The monoisotopic (exact) mass is 240 g/mol. The third kappa shape index (κ3) is 2.26. The first kappa shape index (κ1) is 11.9. The Bertz CT molecular complexity index is 544. The first-order chi connectivity index (χ1) is 7.89. The van der Waals surface area contributed by atoms with Crippen molar-refractivity contribution >= 4 is 10.8 Å². The van der Waals surface area contributed by atoms with Gasteiger partial charge < -0.3 is 5.11 Å². The molecule has 0 spiro atoms. The third-order valence-electron chi connectivity index (χ3n) is 2.67. The summed E-state index contributed by atoms with van der Waals surface area (Å²) in [6, 6.07) is 8.87. The molecule has 0 saturated heterocycles. The van der Waals surface area contributed by atoms with Gasteiger partial charge in [0, 0.05) is 0 Å². The molecule has 0 aliphatic heterocycles. The Morgan fingerprint density at radius 2 is 1.76 bits per heavy atom. The van der Waals surface area contributed by atoms with E-state index in [1.54, 1.807) is 24.3 Å². The van der Waals surface area contributed by atoms with Crippen LogP contribution in [0.1, 0.15) is 24.2 Å². The predicted molar refractivity (Wildman–Crippen MR) is 59.6 cm³/mol. The molecule has 2 aromatic carbocycles. The highest BCUT2D eigenvalue weighted by atomic mass is 19.4. The zero-order valence-corrected chi connectivity index (χ0v) is 9.12. The van der Waals surface area contributed by atoms with E-state index in [0.717, 1.165) is 6.07 Å². The van der Waals surface area contributed by atoms with Gasteiger partial charge in [-0.25, -0.2) is 0 Å². The Morgan fingerprint density at radius 3 is 2.35 bits per heavy atom. The Labute approximate surface area is 96.5 Å². The quantitative estimate of drug-likeness (QED) is 0.801. The van der Waals surface area contributed by atoms with Crippen LogP contribution in [0.15, 0.2) is 36.4 Å². The molecule has 0 amide bonds. The second-order valence-electron chi connectivity index (χ2n) is 3.96. The topological polar surface area (TPSA) is 20.2 Å². The number of rotatable bonds is 1. The Hall–Kier alpha value is -1.55. The summed E-state index contributed by atoms with van der Waals surface area (Å²) in [5.74, 6) is 0. The van der Waals surface area contributed by atoms with Crippen LogP contribution in [-0.2, 0) is 6.18 Å². The molecular formula is C13H11F3O. The van der Waals surface area contributed by atoms with E-state index in [1.165, 1.54) is 13.0 Å². The van der Waals surface area contributed by atoms with Crippen LogP contribution in [0.3, 0.4) is 0 Å². The minimum absolute atomic E-state index is 0.157. The van der Waals surface area contributed by atoms with E-state index in [0.29, 0.717) is 5.39 Å². The molecule has 0 saturated carbocycles. The molecule has 90 valence electrons. The maximum absolute atomic E-state index is 12.9. The van der Waals surface area contributed by atoms with Crippen LogP contribution in [0, 0.1) is 0 Å². The molecule has 0 bridgehead atoms. The van der Waals surface area contributed by atoms with Crippen molar-refractivity contribution in [1.82, 2.24) is 0 Å². The summed E-state index contributed by atoms with van der Waals surface area (Å²) in [4.78, 5) is 0. The van der Waals surface area contributed by atoms with Gasteiger partial charge in [-0.2, -0.15) is 13.2 Å². The fourth-order valence-corrected chi connectivity index (χ4v) is 1.81. The average Bonchev–Trinajstić information content (AvgIpc) is 2.26. The van der Waals surface area contributed by atoms with Crippen molar-refractivity contribution < 1.29 is 18.3 Å². The van der Waals surface area contributed by atoms with E-state index in [1.807, 2.05) is 0 Å². The fourth-order valence-electron chi connectivity index (χ4n) is 1.81. The van der Waals surface area contributed by atoms with Gasteiger partial charge in [0.25, 0.3) is 0 Å².